The van der Waals surface area contributed by atoms with Gasteiger partial charge in [-0.2, -0.15) is 5.10 Å². The van der Waals surface area contributed by atoms with Crippen LogP contribution in [0, 0.1) is 0 Å². The summed E-state index contributed by atoms with van der Waals surface area (Å²) < 4.78 is 5.10. The number of hydrogen-bond acceptors (Lipinski definition) is 5. The molecule has 17 heavy (non-hydrogen) atoms. The molecule has 1 fully saturated rings. The molecule has 1 aliphatic rings. The molecule has 0 bridgehead atoms. The van der Waals surface area contributed by atoms with Crippen LogP contribution in [0.3, 0.4) is 0 Å². The number of aromatic nitrogens is 3. The second-order valence-electron chi connectivity index (χ2n) is 3.79. The number of carboxylic acid groups (broad SMARTS) is 1. The maximum atomic E-state index is 11.7. The number of nitrogens with one attached hydrogen (secondary N) is 2. The highest BCUT2D eigenvalue weighted by atomic mass is 16.5. The summed E-state index contributed by atoms with van der Waals surface area (Å²) in [5, 5.41) is 17.6. The lowest BCUT2D eigenvalue weighted by Gasteiger charge is -2.33. The maximum Gasteiger partial charge on any atom is 0.329 e. The summed E-state index contributed by atoms with van der Waals surface area (Å²) in [7, 11) is 0. The number of aliphatic carboxylic acids is 1. The van der Waals surface area contributed by atoms with Gasteiger partial charge in [-0.1, -0.05) is 0 Å². The first-order valence-electron chi connectivity index (χ1n) is 5.13. The number of hydrogen-bond donors (Lipinski definition) is 3. The van der Waals surface area contributed by atoms with Crippen LogP contribution in [0.4, 0.5) is 0 Å². The Balaban J connectivity index is 2.13. The van der Waals surface area contributed by atoms with Crippen molar-refractivity contribution in [3.8, 4) is 0 Å². The van der Waals surface area contributed by atoms with Crippen LogP contribution in [0.2, 0.25) is 0 Å². The Morgan fingerprint density at radius 2 is 2.18 bits per heavy atom. The van der Waals surface area contributed by atoms with E-state index in [1.54, 1.807) is 0 Å². The number of aromatic amines is 1. The number of carbonyl (C=O) groups is 2. The van der Waals surface area contributed by atoms with Crippen LogP contribution in [0.1, 0.15) is 23.5 Å². The van der Waals surface area contributed by atoms with Crippen LogP contribution < -0.4 is 5.32 Å². The lowest BCUT2D eigenvalue weighted by Crippen LogP contribution is -2.57. The third kappa shape index (κ3) is 2.26. The largest absolute Gasteiger partial charge is 0.480 e. The molecular weight excluding hydrogens is 228 g/mol. The van der Waals surface area contributed by atoms with E-state index in [4.69, 9.17) is 4.74 Å². The SMILES string of the molecule is O=C(NC1(C(=O)O)CCOCC1)c1ncn[nH]1. The van der Waals surface area contributed by atoms with Gasteiger partial charge in [0.05, 0.1) is 0 Å². The first-order valence-corrected chi connectivity index (χ1v) is 5.13. The van der Waals surface area contributed by atoms with Gasteiger partial charge in [0.2, 0.25) is 5.82 Å². The van der Waals surface area contributed by atoms with E-state index >= 15 is 0 Å². The highest BCUT2D eigenvalue weighted by Crippen LogP contribution is 2.21. The topological polar surface area (TPSA) is 117 Å². The first-order chi connectivity index (χ1) is 8.14. The molecule has 0 saturated carbocycles. The molecule has 0 aliphatic carbocycles. The summed E-state index contributed by atoms with van der Waals surface area (Å²) in [4.78, 5) is 26.7. The average molecular weight is 240 g/mol. The van der Waals surface area contributed by atoms with Gasteiger partial charge < -0.3 is 15.2 Å². The lowest BCUT2D eigenvalue weighted by atomic mass is 9.90. The van der Waals surface area contributed by atoms with Gasteiger partial charge in [0.15, 0.2) is 0 Å². The van der Waals surface area contributed by atoms with E-state index in [9.17, 15) is 14.7 Å². The lowest BCUT2D eigenvalue weighted by molar-refractivity contribution is -0.148. The molecule has 8 nitrogen and oxygen atoms in total. The van der Waals surface area contributed by atoms with Crippen molar-refractivity contribution in [1.29, 1.82) is 0 Å². The summed E-state index contributed by atoms with van der Waals surface area (Å²) in [6, 6.07) is 0. The molecule has 8 heteroatoms. The molecule has 1 amide bonds. The number of carboxylic acids is 1. The van der Waals surface area contributed by atoms with Crippen molar-refractivity contribution in [2.24, 2.45) is 0 Å². The molecule has 3 N–H and O–H groups in total. The summed E-state index contributed by atoms with van der Waals surface area (Å²) >= 11 is 0. The normalized spacial score (nSPS) is 18.6. The van der Waals surface area contributed by atoms with Gasteiger partial charge >= 0.3 is 5.97 Å². The van der Waals surface area contributed by atoms with Crippen LogP contribution in [0.25, 0.3) is 0 Å². The molecule has 0 atom stereocenters. The molecule has 0 spiro atoms. The van der Waals surface area contributed by atoms with E-state index in [0.29, 0.717) is 13.2 Å². The van der Waals surface area contributed by atoms with E-state index in [1.165, 1.54) is 6.33 Å². The minimum atomic E-state index is -1.28. The van der Waals surface area contributed by atoms with Gasteiger partial charge in [0, 0.05) is 26.1 Å². The number of nitrogens with zero attached hydrogens (tertiary/aromatic N) is 2. The quantitative estimate of drug-likeness (QED) is 0.634. The van der Waals surface area contributed by atoms with Crippen LogP contribution in [0.5, 0.6) is 0 Å². The summed E-state index contributed by atoms with van der Waals surface area (Å²) in [6.45, 7) is 0.617. The third-order valence-electron chi connectivity index (χ3n) is 2.74. The van der Waals surface area contributed by atoms with Gasteiger partial charge in [-0.15, -0.1) is 0 Å². The molecular formula is C9H12N4O4. The monoisotopic (exact) mass is 240 g/mol. The van der Waals surface area contributed by atoms with Gasteiger partial charge in [-0.05, 0) is 0 Å². The van der Waals surface area contributed by atoms with Crippen molar-refractivity contribution in [1.82, 2.24) is 20.5 Å². The van der Waals surface area contributed by atoms with Crippen molar-refractivity contribution >= 4 is 11.9 Å². The van der Waals surface area contributed by atoms with E-state index in [-0.39, 0.29) is 18.7 Å². The zero-order valence-electron chi connectivity index (χ0n) is 8.97. The van der Waals surface area contributed by atoms with E-state index in [1.807, 2.05) is 0 Å². The molecule has 1 aromatic rings. The Morgan fingerprint density at radius 1 is 1.47 bits per heavy atom. The van der Waals surface area contributed by atoms with Crippen LogP contribution >= 0.6 is 0 Å². The van der Waals surface area contributed by atoms with Crippen molar-refractivity contribution in [3.05, 3.63) is 12.2 Å². The predicted octanol–water partition coefficient (Wildman–Crippen LogP) is -0.832. The van der Waals surface area contributed by atoms with Crippen molar-refractivity contribution in [2.45, 2.75) is 18.4 Å². The van der Waals surface area contributed by atoms with E-state index in [2.05, 4.69) is 20.5 Å². The molecule has 1 saturated heterocycles. The summed E-state index contributed by atoms with van der Waals surface area (Å²) in [5.74, 6) is -1.64. The molecule has 2 heterocycles. The summed E-state index contributed by atoms with van der Waals surface area (Å²) in [5.41, 5.74) is -1.28. The number of H-pyrrole nitrogens is 1. The minimum absolute atomic E-state index is 0.00267. The van der Waals surface area contributed by atoms with Crippen molar-refractivity contribution in [3.63, 3.8) is 0 Å². The Labute approximate surface area is 96.4 Å². The highest BCUT2D eigenvalue weighted by molar-refractivity contribution is 5.95. The van der Waals surface area contributed by atoms with Crippen LogP contribution in [0.15, 0.2) is 6.33 Å². The minimum Gasteiger partial charge on any atom is -0.480 e. The highest BCUT2D eigenvalue weighted by Gasteiger charge is 2.42. The van der Waals surface area contributed by atoms with Gasteiger partial charge in [-0.25, -0.2) is 9.78 Å². The molecule has 1 aliphatic heterocycles. The molecule has 0 aromatic carbocycles. The average Bonchev–Trinajstić information content (AvgIpc) is 2.83. The Morgan fingerprint density at radius 3 is 2.71 bits per heavy atom. The second kappa shape index (κ2) is 4.50. The molecule has 0 unspecified atom stereocenters. The standard InChI is InChI=1S/C9H12N4O4/c14-7(6-10-5-11-13-6)12-9(8(15)16)1-3-17-4-2-9/h5H,1-4H2,(H,12,14)(H,15,16)(H,10,11,13). The summed E-state index contributed by atoms with van der Waals surface area (Å²) in [6.07, 6.45) is 1.66. The molecule has 1 aromatic heterocycles. The maximum absolute atomic E-state index is 11.7. The van der Waals surface area contributed by atoms with E-state index in [0.717, 1.165) is 0 Å². The third-order valence-corrected chi connectivity index (χ3v) is 2.74. The van der Waals surface area contributed by atoms with Crippen LogP contribution in [-0.4, -0.2) is 50.9 Å². The second-order valence-corrected chi connectivity index (χ2v) is 3.79. The molecule has 92 valence electrons. The van der Waals surface area contributed by atoms with Crippen molar-refractivity contribution < 1.29 is 19.4 Å². The Hall–Kier alpha value is -1.96. The molecule has 0 radical (unpaired) electrons. The fourth-order valence-corrected chi connectivity index (χ4v) is 1.70. The number of rotatable bonds is 3. The molecule has 2 rings (SSSR count). The number of carbonyl (C=O) groups excluding carboxylic acids is 1. The smallest absolute Gasteiger partial charge is 0.329 e. The van der Waals surface area contributed by atoms with Gasteiger partial charge in [0.25, 0.3) is 5.91 Å². The van der Waals surface area contributed by atoms with Crippen LogP contribution in [-0.2, 0) is 9.53 Å². The number of amides is 1. The zero-order chi connectivity index (χ0) is 12.3. The fraction of sp³-hybridized carbons (Fsp3) is 0.556. The van der Waals surface area contributed by atoms with Gasteiger partial charge in [0.1, 0.15) is 11.9 Å². The van der Waals surface area contributed by atoms with Gasteiger partial charge in [-0.3, -0.25) is 9.89 Å². The Kier molecular flexibility index (Phi) is 3.05. The van der Waals surface area contributed by atoms with E-state index < -0.39 is 17.4 Å². The number of ether oxygens (including phenoxy) is 1. The predicted molar refractivity (Wildman–Crippen MR) is 54.3 cm³/mol. The Bertz CT molecular complexity index is 411. The first kappa shape index (κ1) is 11.5. The van der Waals surface area contributed by atoms with Crippen molar-refractivity contribution in [2.75, 3.05) is 13.2 Å². The zero-order valence-corrected chi connectivity index (χ0v) is 8.97. The fourth-order valence-electron chi connectivity index (χ4n) is 1.70.